The molecule has 0 fully saturated rings. The standard InChI is InChI=1S/C14H13F3N2/c15-10-2-4-14(13(18)8-10)19-6-5-9-1-3-11(16)12(17)7-9/h1-4,7-8,19H,5-6,18H2. The molecule has 5 heteroatoms. The third-order valence-electron chi connectivity index (χ3n) is 2.73. The molecule has 0 aliphatic heterocycles. The topological polar surface area (TPSA) is 38.0 Å². The smallest absolute Gasteiger partial charge is 0.159 e. The van der Waals surface area contributed by atoms with E-state index in [0.29, 0.717) is 29.9 Å². The van der Waals surface area contributed by atoms with E-state index in [4.69, 9.17) is 5.73 Å². The molecule has 0 saturated heterocycles. The Bertz CT molecular complexity index is 585. The monoisotopic (exact) mass is 266 g/mol. The second-order valence-corrected chi connectivity index (χ2v) is 4.16. The zero-order chi connectivity index (χ0) is 13.8. The fourth-order valence-corrected chi connectivity index (χ4v) is 1.73. The highest BCUT2D eigenvalue weighted by Crippen LogP contribution is 2.19. The molecule has 0 radical (unpaired) electrons. The third kappa shape index (κ3) is 3.40. The Morgan fingerprint density at radius 2 is 1.74 bits per heavy atom. The van der Waals surface area contributed by atoms with E-state index in [1.165, 1.54) is 24.3 Å². The maximum absolute atomic E-state index is 13.0. The third-order valence-corrected chi connectivity index (χ3v) is 2.73. The molecule has 0 atom stereocenters. The van der Waals surface area contributed by atoms with Gasteiger partial charge in [0, 0.05) is 6.54 Å². The van der Waals surface area contributed by atoms with E-state index in [-0.39, 0.29) is 0 Å². The number of nitrogen functional groups attached to an aromatic ring is 1. The van der Waals surface area contributed by atoms with Gasteiger partial charge in [-0.1, -0.05) is 6.07 Å². The van der Waals surface area contributed by atoms with Gasteiger partial charge >= 0.3 is 0 Å². The molecule has 3 N–H and O–H groups in total. The maximum Gasteiger partial charge on any atom is 0.159 e. The molecule has 100 valence electrons. The van der Waals surface area contributed by atoms with Crippen LogP contribution in [0, 0.1) is 17.5 Å². The van der Waals surface area contributed by atoms with Crippen LogP contribution in [0.3, 0.4) is 0 Å². The van der Waals surface area contributed by atoms with Crippen LogP contribution in [0.5, 0.6) is 0 Å². The van der Waals surface area contributed by atoms with E-state index in [9.17, 15) is 13.2 Å². The lowest BCUT2D eigenvalue weighted by molar-refractivity contribution is 0.507. The van der Waals surface area contributed by atoms with Crippen LogP contribution in [0.25, 0.3) is 0 Å². The molecular formula is C14H13F3N2. The Balaban J connectivity index is 1.94. The molecule has 19 heavy (non-hydrogen) atoms. The summed E-state index contributed by atoms with van der Waals surface area (Å²) in [5.41, 5.74) is 7.23. The van der Waals surface area contributed by atoms with E-state index in [1.54, 1.807) is 0 Å². The maximum atomic E-state index is 13.0. The van der Waals surface area contributed by atoms with Crippen molar-refractivity contribution in [2.75, 3.05) is 17.6 Å². The number of anilines is 2. The molecule has 0 aliphatic rings. The van der Waals surface area contributed by atoms with E-state index in [0.717, 1.165) is 12.1 Å². The van der Waals surface area contributed by atoms with Crippen molar-refractivity contribution in [3.05, 3.63) is 59.4 Å². The molecule has 2 nitrogen and oxygen atoms in total. The number of hydrogen-bond acceptors (Lipinski definition) is 2. The second-order valence-electron chi connectivity index (χ2n) is 4.16. The van der Waals surface area contributed by atoms with Crippen LogP contribution in [0.4, 0.5) is 24.5 Å². The Kier molecular flexibility index (Phi) is 3.94. The van der Waals surface area contributed by atoms with Gasteiger partial charge in [-0.15, -0.1) is 0 Å². The Morgan fingerprint density at radius 1 is 0.947 bits per heavy atom. The lowest BCUT2D eigenvalue weighted by Crippen LogP contribution is -2.07. The van der Waals surface area contributed by atoms with Gasteiger partial charge < -0.3 is 11.1 Å². The first-order valence-electron chi connectivity index (χ1n) is 5.79. The predicted molar refractivity (Wildman–Crippen MR) is 69.4 cm³/mol. The normalized spacial score (nSPS) is 10.5. The number of nitrogens with one attached hydrogen (secondary N) is 1. The molecule has 0 saturated carbocycles. The van der Waals surface area contributed by atoms with Gasteiger partial charge in [-0.2, -0.15) is 0 Å². The SMILES string of the molecule is Nc1cc(F)ccc1NCCc1ccc(F)c(F)c1. The number of benzene rings is 2. The molecule has 2 aromatic carbocycles. The van der Waals surface area contributed by atoms with Gasteiger partial charge in [0.2, 0.25) is 0 Å². The minimum atomic E-state index is -0.862. The van der Waals surface area contributed by atoms with Crippen LogP contribution in [-0.2, 0) is 6.42 Å². The largest absolute Gasteiger partial charge is 0.397 e. The Labute approximate surface area is 109 Å². The van der Waals surface area contributed by atoms with E-state index in [1.807, 2.05) is 0 Å². The van der Waals surface area contributed by atoms with Crippen molar-refractivity contribution in [3.8, 4) is 0 Å². The van der Waals surface area contributed by atoms with Crippen molar-refractivity contribution < 1.29 is 13.2 Å². The fraction of sp³-hybridized carbons (Fsp3) is 0.143. The first kappa shape index (κ1) is 13.3. The summed E-state index contributed by atoms with van der Waals surface area (Å²) in [5, 5.41) is 3.01. The van der Waals surface area contributed by atoms with Crippen LogP contribution in [0.15, 0.2) is 36.4 Å². The van der Waals surface area contributed by atoms with Crippen LogP contribution in [0.1, 0.15) is 5.56 Å². The lowest BCUT2D eigenvalue weighted by Gasteiger charge is -2.09. The van der Waals surface area contributed by atoms with Gasteiger partial charge in [-0.25, -0.2) is 13.2 Å². The van der Waals surface area contributed by atoms with E-state index in [2.05, 4.69) is 5.32 Å². The lowest BCUT2D eigenvalue weighted by atomic mass is 10.1. The summed E-state index contributed by atoms with van der Waals surface area (Å²) in [4.78, 5) is 0. The zero-order valence-electron chi connectivity index (χ0n) is 10.1. The van der Waals surface area contributed by atoms with E-state index < -0.39 is 17.5 Å². The average Bonchev–Trinajstić information content (AvgIpc) is 2.36. The minimum absolute atomic E-state index is 0.310. The van der Waals surface area contributed by atoms with Crippen LogP contribution in [0.2, 0.25) is 0 Å². The van der Waals surface area contributed by atoms with Crippen LogP contribution >= 0.6 is 0 Å². The van der Waals surface area contributed by atoms with E-state index >= 15 is 0 Å². The Morgan fingerprint density at radius 3 is 2.42 bits per heavy atom. The number of halogens is 3. The first-order chi connectivity index (χ1) is 9.06. The van der Waals surface area contributed by atoms with Gasteiger partial charge in [-0.05, 0) is 42.3 Å². The van der Waals surface area contributed by atoms with Crippen molar-refractivity contribution in [2.24, 2.45) is 0 Å². The summed E-state index contributed by atoms with van der Waals surface area (Å²) in [6.45, 7) is 0.487. The Hall–Kier alpha value is -2.17. The van der Waals surface area contributed by atoms with Gasteiger partial charge in [0.05, 0.1) is 11.4 Å². The average molecular weight is 266 g/mol. The summed E-state index contributed by atoms with van der Waals surface area (Å²) in [6.07, 6.45) is 0.508. The summed E-state index contributed by atoms with van der Waals surface area (Å²) < 4.78 is 38.5. The van der Waals surface area contributed by atoms with Crippen LogP contribution < -0.4 is 11.1 Å². The first-order valence-corrected chi connectivity index (χ1v) is 5.79. The molecular weight excluding hydrogens is 253 g/mol. The molecule has 0 bridgehead atoms. The summed E-state index contributed by atoms with van der Waals surface area (Å²) in [6, 6.07) is 7.84. The second kappa shape index (κ2) is 5.65. The number of hydrogen-bond donors (Lipinski definition) is 2. The summed E-state index contributed by atoms with van der Waals surface area (Å²) >= 11 is 0. The van der Waals surface area contributed by atoms with Crippen molar-refractivity contribution in [1.82, 2.24) is 0 Å². The minimum Gasteiger partial charge on any atom is -0.397 e. The molecule has 2 rings (SSSR count). The highest BCUT2D eigenvalue weighted by Gasteiger charge is 2.03. The molecule has 0 aliphatic carbocycles. The number of rotatable bonds is 4. The van der Waals surface area contributed by atoms with Crippen molar-refractivity contribution in [2.45, 2.75) is 6.42 Å². The van der Waals surface area contributed by atoms with Gasteiger partial charge in [0.15, 0.2) is 11.6 Å². The molecule has 0 heterocycles. The molecule has 2 aromatic rings. The van der Waals surface area contributed by atoms with Gasteiger partial charge in [0.25, 0.3) is 0 Å². The molecule has 0 aromatic heterocycles. The van der Waals surface area contributed by atoms with Gasteiger partial charge in [0.1, 0.15) is 5.82 Å². The highest BCUT2D eigenvalue weighted by molar-refractivity contribution is 5.65. The van der Waals surface area contributed by atoms with Crippen molar-refractivity contribution in [1.29, 1.82) is 0 Å². The quantitative estimate of drug-likeness (QED) is 0.833. The molecule has 0 spiro atoms. The highest BCUT2D eigenvalue weighted by atomic mass is 19.2. The van der Waals surface area contributed by atoms with Crippen molar-refractivity contribution >= 4 is 11.4 Å². The molecule has 0 amide bonds. The fourth-order valence-electron chi connectivity index (χ4n) is 1.73. The summed E-state index contributed by atoms with van der Waals surface area (Å²) in [5.74, 6) is -2.12. The number of nitrogens with two attached hydrogens (primary N) is 1. The summed E-state index contributed by atoms with van der Waals surface area (Å²) in [7, 11) is 0. The zero-order valence-corrected chi connectivity index (χ0v) is 10.1. The van der Waals surface area contributed by atoms with Crippen LogP contribution in [-0.4, -0.2) is 6.54 Å². The van der Waals surface area contributed by atoms with Gasteiger partial charge in [-0.3, -0.25) is 0 Å². The molecule has 0 unspecified atom stereocenters. The van der Waals surface area contributed by atoms with Crippen molar-refractivity contribution in [3.63, 3.8) is 0 Å². The predicted octanol–water partition coefficient (Wildman–Crippen LogP) is 3.34.